The SMILES string of the molecule is Cc1ccc(N(CC(=O)Nc2nnc(SCC(C)C)s2)S(=O)(=O)c2ccccc2)cc1C. The maximum Gasteiger partial charge on any atom is 0.264 e. The number of rotatable bonds is 9. The maximum atomic E-state index is 13.4. The summed E-state index contributed by atoms with van der Waals surface area (Å²) in [6.45, 7) is 7.71. The van der Waals surface area contributed by atoms with Gasteiger partial charge in [-0.1, -0.05) is 61.2 Å². The average molecular weight is 491 g/mol. The van der Waals surface area contributed by atoms with Gasteiger partial charge in [-0.05, 0) is 55.2 Å². The first-order valence-corrected chi connectivity index (χ1v) is 13.3. The Labute approximate surface area is 197 Å². The number of sulfonamides is 1. The van der Waals surface area contributed by atoms with Gasteiger partial charge in [-0.25, -0.2) is 8.42 Å². The van der Waals surface area contributed by atoms with E-state index in [1.54, 1.807) is 42.1 Å². The third-order valence-corrected chi connectivity index (χ3v) is 8.78. The number of nitrogens with one attached hydrogen (secondary N) is 1. The van der Waals surface area contributed by atoms with Gasteiger partial charge >= 0.3 is 0 Å². The van der Waals surface area contributed by atoms with Crippen LogP contribution < -0.4 is 9.62 Å². The molecule has 1 amide bonds. The fraction of sp³-hybridized carbons (Fsp3) is 0.318. The highest BCUT2D eigenvalue weighted by molar-refractivity contribution is 8.01. The molecule has 0 spiro atoms. The van der Waals surface area contributed by atoms with Crippen LogP contribution in [0.1, 0.15) is 25.0 Å². The fourth-order valence-corrected chi connectivity index (χ4v) is 5.94. The molecule has 0 saturated heterocycles. The Hall–Kier alpha value is -2.43. The molecule has 0 atom stereocenters. The summed E-state index contributed by atoms with van der Waals surface area (Å²) in [5.41, 5.74) is 2.40. The number of hydrogen-bond acceptors (Lipinski definition) is 7. The van der Waals surface area contributed by atoms with E-state index in [0.717, 1.165) is 25.5 Å². The Bertz CT molecular complexity index is 1180. The van der Waals surface area contributed by atoms with Crippen molar-refractivity contribution >= 4 is 49.8 Å². The number of nitrogens with zero attached hydrogens (tertiary/aromatic N) is 3. The van der Waals surface area contributed by atoms with Crippen molar-refractivity contribution in [3.05, 3.63) is 59.7 Å². The molecule has 3 rings (SSSR count). The molecule has 0 radical (unpaired) electrons. The van der Waals surface area contributed by atoms with E-state index < -0.39 is 15.9 Å². The topological polar surface area (TPSA) is 92.3 Å². The van der Waals surface area contributed by atoms with Crippen molar-refractivity contribution in [2.45, 2.75) is 36.9 Å². The van der Waals surface area contributed by atoms with Crippen LogP contribution in [0.2, 0.25) is 0 Å². The molecule has 0 aliphatic heterocycles. The Balaban J connectivity index is 1.84. The van der Waals surface area contributed by atoms with Crippen LogP contribution in [-0.4, -0.2) is 36.8 Å². The monoisotopic (exact) mass is 490 g/mol. The summed E-state index contributed by atoms with van der Waals surface area (Å²) >= 11 is 2.85. The van der Waals surface area contributed by atoms with E-state index >= 15 is 0 Å². The van der Waals surface area contributed by atoms with Gasteiger partial charge < -0.3 is 0 Å². The Morgan fingerprint density at radius 1 is 1.09 bits per heavy atom. The van der Waals surface area contributed by atoms with Crippen LogP contribution in [0.4, 0.5) is 10.8 Å². The van der Waals surface area contributed by atoms with Crippen molar-refractivity contribution in [2.75, 3.05) is 21.9 Å². The molecule has 32 heavy (non-hydrogen) atoms. The molecule has 0 aliphatic rings. The van der Waals surface area contributed by atoms with E-state index in [-0.39, 0.29) is 11.4 Å². The Morgan fingerprint density at radius 2 is 1.81 bits per heavy atom. The van der Waals surface area contributed by atoms with E-state index in [0.29, 0.717) is 16.7 Å². The highest BCUT2D eigenvalue weighted by Gasteiger charge is 2.27. The molecule has 0 bridgehead atoms. The Morgan fingerprint density at radius 3 is 2.47 bits per heavy atom. The van der Waals surface area contributed by atoms with Crippen LogP contribution in [0.25, 0.3) is 0 Å². The minimum atomic E-state index is -3.95. The largest absolute Gasteiger partial charge is 0.299 e. The van der Waals surface area contributed by atoms with Gasteiger partial charge in [0.1, 0.15) is 6.54 Å². The van der Waals surface area contributed by atoms with E-state index in [1.165, 1.54) is 23.5 Å². The summed E-state index contributed by atoms with van der Waals surface area (Å²) < 4.78 is 28.7. The zero-order chi connectivity index (χ0) is 23.3. The lowest BCUT2D eigenvalue weighted by atomic mass is 10.1. The van der Waals surface area contributed by atoms with E-state index in [1.807, 2.05) is 19.9 Å². The zero-order valence-corrected chi connectivity index (χ0v) is 20.9. The third-order valence-electron chi connectivity index (χ3n) is 4.59. The molecule has 0 fully saturated rings. The van der Waals surface area contributed by atoms with Crippen molar-refractivity contribution in [1.29, 1.82) is 0 Å². The number of hydrogen-bond donors (Lipinski definition) is 1. The lowest BCUT2D eigenvalue weighted by molar-refractivity contribution is -0.114. The summed E-state index contributed by atoms with van der Waals surface area (Å²) in [6.07, 6.45) is 0. The average Bonchev–Trinajstić information content (AvgIpc) is 3.20. The van der Waals surface area contributed by atoms with Gasteiger partial charge in [0.2, 0.25) is 11.0 Å². The number of carbonyl (C=O) groups is 1. The second-order valence-electron chi connectivity index (χ2n) is 7.72. The van der Waals surface area contributed by atoms with Crippen LogP contribution in [-0.2, 0) is 14.8 Å². The van der Waals surface area contributed by atoms with E-state index in [2.05, 4.69) is 29.4 Å². The van der Waals surface area contributed by atoms with Crippen molar-refractivity contribution in [1.82, 2.24) is 10.2 Å². The minimum Gasteiger partial charge on any atom is -0.299 e. The first-order chi connectivity index (χ1) is 15.2. The van der Waals surface area contributed by atoms with Crippen molar-refractivity contribution < 1.29 is 13.2 Å². The summed E-state index contributed by atoms with van der Waals surface area (Å²) in [5.74, 6) is 0.925. The van der Waals surface area contributed by atoms with Gasteiger partial charge in [0.25, 0.3) is 10.0 Å². The van der Waals surface area contributed by atoms with Crippen LogP contribution >= 0.6 is 23.1 Å². The lowest BCUT2D eigenvalue weighted by Gasteiger charge is -2.24. The molecule has 10 heteroatoms. The quantitative estimate of drug-likeness (QED) is 0.344. The predicted octanol–water partition coefficient (Wildman–Crippen LogP) is 4.74. The smallest absolute Gasteiger partial charge is 0.264 e. The number of carbonyl (C=O) groups excluding carboxylic acids is 1. The predicted molar refractivity (Wildman–Crippen MR) is 131 cm³/mol. The molecular formula is C22H26N4O3S3. The van der Waals surface area contributed by atoms with E-state index in [4.69, 9.17) is 0 Å². The summed E-state index contributed by atoms with van der Waals surface area (Å²) in [5, 5.41) is 11.1. The van der Waals surface area contributed by atoms with E-state index in [9.17, 15) is 13.2 Å². The molecular weight excluding hydrogens is 464 g/mol. The first kappa shape index (κ1) is 24.2. The van der Waals surface area contributed by atoms with Crippen LogP contribution in [0, 0.1) is 19.8 Å². The number of amides is 1. The van der Waals surface area contributed by atoms with Crippen molar-refractivity contribution in [2.24, 2.45) is 5.92 Å². The minimum absolute atomic E-state index is 0.120. The number of aromatic nitrogens is 2. The van der Waals surface area contributed by atoms with Gasteiger partial charge in [0, 0.05) is 5.75 Å². The maximum absolute atomic E-state index is 13.4. The molecule has 7 nitrogen and oxygen atoms in total. The van der Waals surface area contributed by atoms with Crippen LogP contribution in [0.5, 0.6) is 0 Å². The second kappa shape index (κ2) is 10.5. The normalized spacial score (nSPS) is 11.5. The van der Waals surface area contributed by atoms with Gasteiger partial charge in [0.05, 0.1) is 10.6 Å². The lowest BCUT2D eigenvalue weighted by Crippen LogP contribution is -2.38. The molecule has 1 heterocycles. The van der Waals surface area contributed by atoms with Crippen LogP contribution in [0.15, 0.2) is 57.8 Å². The molecule has 1 N–H and O–H groups in total. The summed E-state index contributed by atoms with van der Waals surface area (Å²) in [7, 11) is -3.95. The number of thioether (sulfide) groups is 1. The summed E-state index contributed by atoms with van der Waals surface area (Å²) in [4.78, 5) is 12.9. The van der Waals surface area contributed by atoms with Crippen molar-refractivity contribution in [3.8, 4) is 0 Å². The molecule has 2 aromatic carbocycles. The molecule has 1 aromatic heterocycles. The number of aryl methyl sites for hydroxylation is 2. The van der Waals surface area contributed by atoms with Crippen molar-refractivity contribution in [3.63, 3.8) is 0 Å². The second-order valence-corrected chi connectivity index (χ2v) is 11.8. The van der Waals surface area contributed by atoms with Gasteiger partial charge in [-0.15, -0.1) is 10.2 Å². The molecule has 0 unspecified atom stereocenters. The highest BCUT2D eigenvalue weighted by atomic mass is 32.2. The fourth-order valence-electron chi connectivity index (χ4n) is 2.76. The third kappa shape index (κ3) is 6.08. The zero-order valence-electron chi connectivity index (χ0n) is 18.4. The van der Waals surface area contributed by atoms with Gasteiger partial charge in [-0.2, -0.15) is 0 Å². The molecule has 170 valence electrons. The number of anilines is 2. The Kier molecular flexibility index (Phi) is 7.91. The first-order valence-electron chi connectivity index (χ1n) is 10.1. The number of benzene rings is 2. The van der Waals surface area contributed by atoms with Crippen LogP contribution in [0.3, 0.4) is 0 Å². The van der Waals surface area contributed by atoms with Gasteiger partial charge in [-0.3, -0.25) is 14.4 Å². The standard InChI is InChI=1S/C22H26N4O3S3/c1-15(2)14-30-22-25-24-21(31-22)23-20(27)13-26(18-11-10-16(3)17(4)12-18)32(28,29)19-8-6-5-7-9-19/h5-12,15H,13-14H2,1-4H3,(H,23,24,27). The summed E-state index contributed by atoms with van der Waals surface area (Å²) in [6, 6.07) is 13.4. The highest BCUT2D eigenvalue weighted by Crippen LogP contribution is 2.28. The van der Waals surface area contributed by atoms with Gasteiger partial charge in [0.15, 0.2) is 4.34 Å². The molecule has 0 saturated carbocycles. The molecule has 0 aliphatic carbocycles. The molecule has 3 aromatic rings.